The number of aryl methyl sites for hydroxylation is 2. The van der Waals surface area contributed by atoms with Crippen LogP contribution in [0.1, 0.15) is 25.0 Å². The first-order valence-corrected chi connectivity index (χ1v) is 13.1. The summed E-state index contributed by atoms with van der Waals surface area (Å²) in [6.07, 6.45) is 7.71. The maximum absolute atomic E-state index is 14.5. The molecule has 4 heterocycles. The Morgan fingerprint density at radius 1 is 1.14 bits per heavy atom. The van der Waals surface area contributed by atoms with Crippen molar-refractivity contribution in [2.45, 2.75) is 49.8 Å². The minimum atomic E-state index is -0.919. The fraction of sp³-hybridized carbons (Fsp3) is 0.519. The van der Waals surface area contributed by atoms with E-state index in [1.165, 1.54) is 11.8 Å². The molecule has 0 saturated carbocycles. The Morgan fingerprint density at radius 2 is 1.86 bits per heavy atom. The number of rotatable bonds is 4. The van der Waals surface area contributed by atoms with Crippen molar-refractivity contribution >= 4 is 35.2 Å². The fourth-order valence-electron chi connectivity index (χ4n) is 6.32. The first-order valence-electron chi connectivity index (χ1n) is 12.2. The van der Waals surface area contributed by atoms with Crippen molar-refractivity contribution in [2.75, 3.05) is 24.7 Å². The number of aliphatic hydroxyl groups is 1. The van der Waals surface area contributed by atoms with Crippen molar-refractivity contribution in [3.63, 3.8) is 0 Å². The van der Waals surface area contributed by atoms with Crippen LogP contribution in [-0.2, 0) is 19.1 Å². The molecule has 8 heteroatoms. The normalized spacial score (nSPS) is 32.8. The molecule has 2 amide bonds. The predicted octanol–water partition coefficient (Wildman–Crippen LogP) is 2.63. The smallest absolute Gasteiger partial charge is 0.311 e. The highest BCUT2D eigenvalue weighted by atomic mass is 32.2. The van der Waals surface area contributed by atoms with E-state index >= 15 is 0 Å². The summed E-state index contributed by atoms with van der Waals surface area (Å²) < 4.78 is 4.50. The van der Waals surface area contributed by atoms with Crippen molar-refractivity contribution < 1.29 is 24.2 Å². The van der Waals surface area contributed by atoms with Gasteiger partial charge in [-0.1, -0.05) is 56.4 Å². The van der Waals surface area contributed by atoms with Gasteiger partial charge in [0.2, 0.25) is 5.91 Å². The zero-order valence-corrected chi connectivity index (χ0v) is 21.3. The van der Waals surface area contributed by atoms with Gasteiger partial charge in [0.25, 0.3) is 5.91 Å². The van der Waals surface area contributed by atoms with Crippen LogP contribution < -0.4 is 4.90 Å². The number of esters is 1. The lowest BCUT2D eigenvalue weighted by atomic mass is 9.78. The SMILES string of the molecule is Cc1cccc(C)c1N1CC=C[C@]23S[C@@H]4C=CCOC(=O)[C@@H]4[C@H]2C(=O)N([C@@H](CO)C(C)C)C3C1=O. The third kappa shape index (κ3) is 3.48. The van der Waals surface area contributed by atoms with Crippen LogP contribution in [0.15, 0.2) is 42.5 Å². The molecule has 186 valence electrons. The number of carbonyl (C=O) groups is 3. The standard InChI is InChI=1S/C27H32N2O5S/c1-15(2)18(14-30)29-23-25(32)28(22-16(3)8-5-9-17(22)4)12-7-11-27(23)21(24(29)31)20-19(35-27)10-6-13-34-26(20)33/h5-11,15,18-21,23,30H,12-14H2,1-4H3/t18-,19+,20-,21-,23?,27-/m0/s1. The number of amides is 2. The van der Waals surface area contributed by atoms with Gasteiger partial charge in [-0.3, -0.25) is 14.4 Å². The number of para-hydroxylation sites is 1. The Morgan fingerprint density at radius 3 is 2.51 bits per heavy atom. The molecule has 6 atom stereocenters. The number of likely N-dealkylation sites (tertiary alicyclic amines) is 1. The lowest BCUT2D eigenvalue weighted by Gasteiger charge is -2.40. The monoisotopic (exact) mass is 496 g/mol. The largest absolute Gasteiger partial charge is 0.461 e. The van der Waals surface area contributed by atoms with Crippen LogP contribution in [0.25, 0.3) is 0 Å². The summed E-state index contributed by atoms with van der Waals surface area (Å²) in [5.74, 6) is -2.31. The second-order valence-corrected chi connectivity index (χ2v) is 11.7. The molecule has 1 spiro atoms. The molecule has 1 N–H and O–H groups in total. The number of fused-ring (bicyclic) bond motifs is 2. The molecule has 1 aromatic carbocycles. The number of aliphatic hydroxyl groups excluding tert-OH is 1. The van der Waals surface area contributed by atoms with Gasteiger partial charge in [-0.2, -0.15) is 0 Å². The van der Waals surface area contributed by atoms with E-state index in [1.54, 1.807) is 9.80 Å². The molecule has 4 aliphatic heterocycles. The number of anilines is 1. The highest BCUT2D eigenvalue weighted by Gasteiger charge is 2.72. The second-order valence-electron chi connectivity index (χ2n) is 10.2. The third-order valence-electron chi connectivity index (χ3n) is 7.87. The van der Waals surface area contributed by atoms with Crippen molar-refractivity contribution in [3.05, 3.63) is 53.6 Å². The van der Waals surface area contributed by atoms with E-state index in [-0.39, 0.29) is 36.2 Å². The Labute approximate surface area is 210 Å². The first-order chi connectivity index (χ1) is 16.7. The van der Waals surface area contributed by atoms with E-state index in [4.69, 9.17) is 4.74 Å². The highest BCUT2D eigenvalue weighted by Crippen LogP contribution is 2.61. The summed E-state index contributed by atoms with van der Waals surface area (Å²) >= 11 is 1.52. The minimum absolute atomic E-state index is 0.0738. The number of hydrogen-bond acceptors (Lipinski definition) is 6. The molecule has 4 aliphatic rings. The lowest BCUT2D eigenvalue weighted by Crippen LogP contribution is -2.58. The Balaban J connectivity index is 1.69. The maximum atomic E-state index is 14.5. The molecule has 1 unspecified atom stereocenters. The van der Waals surface area contributed by atoms with Gasteiger partial charge in [0.05, 0.1) is 29.2 Å². The van der Waals surface area contributed by atoms with Crippen molar-refractivity contribution in [3.8, 4) is 0 Å². The average molecular weight is 497 g/mol. The van der Waals surface area contributed by atoms with E-state index in [9.17, 15) is 19.5 Å². The van der Waals surface area contributed by atoms with Crippen LogP contribution in [0.5, 0.6) is 0 Å². The average Bonchev–Trinajstić information content (AvgIpc) is 3.10. The van der Waals surface area contributed by atoms with Crippen LogP contribution in [-0.4, -0.2) is 69.6 Å². The van der Waals surface area contributed by atoms with E-state index in [0.29, 0.717) is 6.54 Å². The van der Waals surface area contributed by atoms with Crippen molar-refractivity contribution in [2.24, 2.45) is 17.8 Å². The van der Waals surface area contributed by atoms with Crippen molar-refractivity contribution in [1.82, 2.24) is 4.90 Å². The summed E-state index contributed by atoms with van der Waals surface area (Å²) in [6.45, 7) is 8.14. The van der Waals surface area contributed by atoms with Gasteiger partial charge < -0.3 is 19.6 Å². The molecule has 5 rings (SSSR count). The number of ether oxygens (including phenoxy) is 1. The summed E-state index contributed by atoms with van der Waals surface area (Å²) in [5, 5.41) is 10.1. The van der Waals surface area contributed by atoms with Gasteiger partial charge in [-0.25, -0.2) is 0 Å². The minimum Gasteiger partial charge on any atom is -0.461 e. The molecule has 2 saturated heterocycles. The fourth-order valence-corrected chi connectivity index (χ4v) is 8.31. The summed E-state index contributed by atoms with van der Waals surface area (Å²) in [4.78, 5) is 45.1. The maximum Gasteiger partial charge on any atom is 0.311 e. The summed E-state index contributed by atoms with van der Waals surface area (Å²) in [7, 11) is 0. The van der Waals surface area contributed by atoms with E-state index in [2.05, 4.69) is 0 Å². The molecule has 7 nitrogen and oxygen atoms in total. The molecule has 0 bridgehead atoms. The molecular weight excluding hydrogens is 464 g/mol. The second kappa shape index (κ2) is 8.82. The molecule has 1 aromatic rings. The molecule has 0 aliphatic carbocycles. The zero-order valence-electron chi connectivity index (χ0n) is 20.5. The Kier molecular flexibility index (Phi) is 6.08. The number of nitrogens with zero attached hydrogens (tertiary/aromatic N) is 2. The van der Waals surface area contributed by atoms with E-state index in [0.717, 1.165) is 16.8 Å². The quantitative estimate of drug-likeness (QED) is 0.510. The van der Waals surface area contributed by atoms with Gasteiger partial charge in [-0.15, -0.1) is 11.8 Å². The van der Waals surface area contributed by atoms with E-state index in [1.807, 2.05) is 70.2 Å². The molecule has 0 radical (unpaired) electrons. The number of hydrogen-bond donors (Lipinski definition) is 1. The summed E-state index contributed by atoms with van der Waals surface area (Å²) in [6, 6.07) is 4.55. The van der Waals surface area contributed by atoms with E-state index < -0.39 is 34.6 Å². The van der Waals surface area contributed by atoms with Gasteiger partial charge >= 0.3 is 5.97 Å². The lowest BCUT2D eigenvalue weighted by molar-refractivity contribution is -0.152. The molecule has 0 aromatic heterocycles. The van der Waals surface area contributed by atoms with Gasteiger partial charge in [0.15, 0.2) is 0 Å². The Hall–Kier alpha value is -2.58. The summed E-state index contributed by atoms with van der Waals surface area (Å²) in [5.41, 5.74) is 2.80. The van der Waals surface area contributed by atoms with Gasteiger partial charge in [-0.05, 0) is 30.9 Å². The zero-order chi connectivity index (χ0) is 25.1. The number of benzene rings is 1. The van der Waals surface area contributed by atoms with Gasteiger partial charge in [0.1, 0.15) is 12.6 Å². The molecule has 35 heavy (non-hydrogen) atoms. The van der Waals surface area contributed by atoms with Crippen LogP contribution in [0.3, 0.4) is 0 Å². The van der Waals surface area contributed by atoms with Crippen LogP contribution >= 0.6 is 11.8 Å². The number of thioether (sulfide) groups is 1. The first kappa shape index (κ1) is 24.1. The number of carbonyl (C=O) groups excluding carboxylic acids is 3. The molecule has 2 fully saturated rings. The predicted molar refractivity (Wildman–Crippen MR) is 135 cm³/mol. The molecular formula is C27H32N2O5S. The van der Waals surface area contributed by atoms with Crippen LogP contribution in [0.2, 0.25) is 0 Å². The van der Waals surface area contributed by atoms with Gasteiger partial charge in [0, 0.05) is 17.5 Å². The van der Waals surface area contributed by atoms with Crippen LogP contribution in [0.4, 0.5) is 5.69 Å². The topological polar surface area (TPSA) is 87.2 Å². The van der Waals surface area contributed by atoms with Crippen molar-refractivity contribution in [1.29, 1.82) is 0 Å². The number of cyclic esters (lactones) is 1. The third-order valence-corrected chi connectivity index (χ3v) is 9.62. The Bertz CT molecular complexity index is 1110. The van der Waals surface area contributed by atoms with Crippen LogP contribution in [0, 0.1) is 31.6 Å². The highest BCUT2D eigenvalue weighted by molar-refractivity contribution is 8.02.